The fraction of sp³-hybridized carbons (Fsp3) is 0.833. The van der Waals surface area contributed by atoms with Gasteiger partial charge in [-0.25, -0.2) is 0 Å². The second-order valence-electron chi connectivity index (χ2n) is 11.9. The number of hydrogen-bond donors (Lipinski definition) is 0. The zero-order chi connectivity index (χ0) is 33.0. The van der Waals surface area contributed by atoms with E-state index in [0.717, 1.165) is 38.5 Å². The molecule has 0 saturated heterocycles. The van der Waals surface area contributed by atoms with Crippen molar-refractivity contribution in [3.8, 4) is 0 Å². The van der Waals surface area contributed by atoms with Gasteiger partial charge in [0.1, 0.15) is 0 Å². The predicted molar refractivity (Wildman–Crippen MR) is 186 cm³/mol. The van der Waals surface area contributed by atoms with Crippen LogP contribution in [0.3, 0.4) is 0 Å². The molecule has 9 heteroatoms. The van der Waals surface area contributed by atoms with Gasteiger partial charge in [-0.15, -0.1) is 0 Å². The average Bonchev–Trinajstić information content (AvgIpc) is 2.96. The molecule has 0 fully saturated rings. The van der Waals surface area contributed by atoms with Crippen molar-refractivity contribution in [3.05, 3.63) is 24.3 Å². The zero-order valence-electron chi connectivity index (χ0n) is 29.1. The Bertz CT molecular complexity index is 739. The normalized spacial score (nSPS) is 11.4. The molecule has 0 radical (unpaired) electrons. The Labute approximate surface area is 293 Å². The Morgan fingerprint density at radius 2 is 0.689 bits per heavy atom. The molecule has 45 heavy (non-hydrogen) atoms. The Morgan fingerprint density at radius 3 is 0.956 bits per heavy atom. The summed E-state index contributed by atoms with van der Waals surface area (Å²) in [7, 11) is -5.17. The smallest absolute Gasteiger partial charge is 0.759 e. The second kappa shape index (κ2) is 39.4. The summed E-state index contributed by atoms with van der Waals surface area (Å²) in [4.78, 5) is 23.8. The average molecular weight is 667 g/mol. The molecule has 0 saturated carbocycles. The minimum Gasteiger partial charge on any atom is -0.759 e. The number of unbranched alkanes of at least 4 members (excludes halogenated alkanes) is 22. The molecular formula is C36H66MgO7S. The number of carbonyl (C=O) groups is 2. The summed E-state index contributed by atoms with van der Waals surface area (Å²) in [5.41, 5.74) is 0. The molecule has 0 N–H and O–H groups in total. The van der Waals surface area contributed by atoms with Gasteiger partial charge < -0.3 is 13.8 Å². The van der Waals surface area contributed by atoms with Crippen LogP contribution in [-0.4, -0.2) is 52.5 Å². The molecule has 0 heterocycles. The van der Waals surface area contributed by atoms with Crippen molar-refractivity contribution in [1.82, 2.24) is 0 Å². The zero-order valence-corrected chi connectivity index (χ0v) is 31.3. The molecule has 0 atom stereocenters. The summed E-state index contributed by atoms with van der Waals surface area (Å²) in [5, 5.41) is 0. The van der Waals surface area contributed by atoms with Crippen molar-refractivity contribution in [2.45, 2.75) is 194 Å². The van der Waals surface area contributed by atoms with Crippen LogP contribution in [0.4, 0.5) is 0 Å². The van der Waals surface area contributed by atoms with Gasteiger partial charge in [0.15, 0.2) is 0 Å². The SMILES string of the molecule is CCCCCCCCC=CCCCCCCCC(=O)OC(=O)CCCCCCCC=CCCCCCCCC.O=S(=O)([O-])[O-].[Mg+2]. The van der Waals surface area contributed by atoms with Gasteiger partial charge in [0, 0.05) is 23.2 Å². The molecule has 0 amide bonds. The van der Waals surface area contributed by atoms with Crippen LogP contribution in [0.5, 0.6) is 0 Å². The molecular weight excluding hydrogens is 601 g/mol. The third-order valence-electron chi connectivity index (χ3n) is 7.51. The fourth-order valence-corrected chi connectivity index (χ4v) is 4.91. The molecule has 0 unspecified atom stereocenters. The molecule has 0 rings (SSSR count). The molecule has 0 aromatic heterocycles. The van der Waals surface area contributed by atoms with Crippen LogP contribution in [0.25, 0.3) is 0 Å². The Balaban J connectivity index is -0.00000270. The molecule has 260 valence electrons. The molecule has 7 nitrogen and oxygen atoms in total. The number of carbonyl (C=O) groups excluding carboxylic acids is 2. The van der Waals surface area contributed by atoms with Crippen LogP contribution in [0.15, 0.2) is 24.3 Å². The molecule has 0 aliphatic carbocycles. The Morgan fingerprint density at radius 1 is 0.467 bits per heavy atom. The van der Waals surface area contributed by atoms with Gasteiger partial charge in [-0.3, -0.25) is 18.0 Å². The third-order valence-corrected chi connectivity index (χ3v) is 7.51. The molecule has 0 spiro atoms. The van der Waals surface area contributed by atoms with Gasteiger partial charge in [0.05, 0.1) is 0 Å². The Kier molecular flexibility index (Phi) is 42.6. The first-order valence-corrected chi connectivity index (χ1v) is 19.2. The van der Waals surface area contributed by atoms with Gasteiger partial charge in [0.25, 0.3) is 0 Å². The number of allylic oxidation sites excluding steroid dienone is 4. The summed E-state index contributed by atoms with van der Waals surface area (Å²) in [6.45, 7) is 4.53. The van der Waals surface area contributed by atoms with Crippen LogP contribution >= 0.6 is 0 Å². The summed E-state index contributed by atoms with van der Waals surface area (Å²) < 4.78 is 39.1. The first-order chi connectivity index (χ1) is 21.2. The maximum atomic E-state index is 11.9. The summed E-state index contributed by atoms with van der Waals surface area (Å²) in [6.07, 6.45) is 42.2. The number of esters is 2. The number of hydrogen-bond acceptors (Lipinski definition) is 7. The van der Waals surface area contributed by atoms with Crippen molar-refractivity contribution >= 4 is 45.4 Å². The van der Waals surface area contributed by atoms with E-state index in [4.69, 9.17) is 22.3 Å². The molecule has 0 aromatic carbocycles. The van der Waals surface area contributed by atoms with E-state index >= 15 is 0 Å². The third kappa shape index (κ3) is 53.0. The minimum atomic E-state index is -5.17. The largest absolute Gasteiger partial charge is 2.00 e. The minimum absolute atomic E-state index is 0. The first-order valence-electron chi connectivity index (χ1n) is 17.9. The standard InChI is InChI=1S/C36H66O3.Mg.H2O4S/c1-3-5-7-9-11-13-15-17-19-21-23-25-27-29-31-33-35(37)39-36(38)34-32-30-28-26-24-22-20-18-16-14-12-10-8-6-4-2;;1-5(2,3)4/h17-20H,3-16,21-34H2,1-2H3;;(H2,1,2,3,4)/q;+2;/p-2. The van der Waals surface area contributed by atoms with Gasteiger partial charge in [-0.05, 0) is 64.2 Å². The summed E-state index contributed by atoms with van der Waals surface area (Å²) in [5.74, 6) is -0.684. The van der Waals surface area contributed by atoms with Gasteiger partial charge >= 0.3 is 35.0 Å². The summed E-state index contributed by atoms with van der Waals surface area (Å²) >= 11 is 0. The Hall–Kier alpha value is -0.744. The van der Waals surface area contributed by atoms with Crippen molar-refractivity contribution < 1.29 is 31.8 Å². The van der Waals surface area contributed by atoms with Gasteiger partial charge in [-0.1, -0.05) is 141 Å². The quantitative estimate of drug-likeness (QED) is 0.0142. The van der Waals surface area contributed by atoms with Crippen molar-refractivity contribution in [1.29, 1.82) is 0 Å². The predicted octanol–water partition coefficient (Wildman–Crippen LogP) is 10.4. The first kappa shape index (κ1) is 48.7. The van der Waals surface area contributed by atoms with E-state index in [9.17, 15) is 9.59 Å². The fourth-order valence-electron chi connectivity index (χ4n) is 4.91. The van der Waals surface area contributed by atoms with Crippen LogP contribution < -0.4 is 0 Å². The monoisotopic (exact) mass is 666 g/mol. The maximum Gasteiger partial charge on any atom is 2.00 e. The topological polar surface area (TPSA) is 124 Å². The van der Waals surface area contributed by atoms with E-state index in [2.05, 4.69) is 38.2 Å². The van der Waals surface area contributed by atoms with Gasteiger partial charge in [0.2, 0.25) is 0 Å². The van der Waals surface area contributed by atoms with E-state index in [1.54, 1.807) is 0 Å². The van der Waals surface area contributed by atoms with Crippen molar-refractivity contribution in [2.75, 3.05) is 0 Å². The van der Waals surface area contributed by atoms with Crippen LogP contribution in [0.2, 0.25) is 0 Å². The molecule has 0 aromatic rings. The van der Waals surface area contributed by atoms with Crippen LogP contribution in [0, 0.1) is 0 Å². The van der Waals surface area contributed by atoms with Crippen LogP contribution in [0.1, 0.15) is 194 Å². The number of rotatable bonds is 30. The van der Waals surface area contributed by atoms with Crippen LogP contribution in [-0.2, 0) is 24.7 Å². The van der Waals surface area contributed by atoms with Crippen molar-refractivity contribution in [2.24, 2.45) is 0 Å². The second-order valence-corrected chi connectivity index (χ2v) is 12.7. The van der Waals surface area contributed by atoms with E-state index in [1.165, 1.54) is 128 Å². The van der Waals surface area contributed by atoms with Gasteiger partial charge in [-0.2, -0.15) is 0 Å². The van der Waals surface area contributed by atoms with E-state index in [-0.39, 0.29) is 35.0 Å². The molecule has 0 aliphatic heterocycles. The van der Waals surface area contributed by atoms with E-state index in [0.29, 0.717) is 12.8 Å². The van der Waals surface area contributed by atoms with Crippen molar-refractivity contribution in [3.63, 3.8) is 0 Å². The van der Waals surface area contributed by atoms with E-state index in [1.807, 2.05) is 0 Å². The van der Waals surface area contributed by atoms with E-state index < -0.39 is 10.4 Å². The molecule has 0 bridgehead atoms. The molecule has 0 aliphatic rings. The number of ether oxygens (including phenoxy) is 1. The summed E-state index contributed by atoms with van der Waals surface area (Å²) in [6, 6.07) is 0. The maximum absolute atomic E-state index is 11.9.